The van der Waals surface area contributed by atoms with Gasteiger partial charge < -0.3 is 9.13 Å². The highest BCUT2D eigenvalue weighted by Crippen LogP contribution is 2.51. The van der Waals surface area contributed by atoms with Crippen LogP contribution in [0.4, 0.5) is 0 Å². The van der Waals surface area contributed by atoms with E-state index in [0.29, 0.717) is 0 Å². The van der Waals surface area contributed by atoms with Crippen molar-refractivity contribution in [2.45, 2.75) is 0 Å². The zero-order valence-corrected chi connectivity index (χ0v) is 26.1. The molecule has 2 nitrogen and oxygen atoms in total. The molecule has 2 heteroatoms. The van der Waals surface area contributed by atoms with E-state index in [1.165, 1.54) is 99.1 Å². The first kappa shape index (κ1) is 25.8. The van der Waals surface area contributed by atoms with Crippen LogP contribution in [0.1, 0.15) is 0 Å². The van der Waals surface area contributed by atoms with E-state index in [4.69, 9.17) is 0 Å². The fraction of sp³-hybridized carbons (Fsp3) is 0. The molecule has 0 saturated carbocycles. The molecule has 1 aliphatic rings. The molecule has 0 N–H and O–H groups in total. The van der Waals surface area contributed by atoms with Crippen molar-refractivity contribution < 1.29 is 0 Å². The summed E-state index contributed by atoms with van der Waals surface area (Å²) in [4.78, 5) is 0. The minimum atomic E-state index is 1.17. The number of aromatic nitrogens is 2. The SMILES string of the molecule is c1ccc(-c2cccc(-n3c4cccc5c4c4c6c(cccc6ccc43)-c3cc4c6ccccc6n(-c6ccccc6)c4cc3-5)c2)cc1. The third-order valence-corrected chi connectivity index (χ3v) is 10.4. The molecule has 0 saturated heterocycles. The Morgan fingerprint density at radius 2 is 0.917 bits per heavy atom. The summed E-state index contributed by atoms with van der Waals surface area (Å²) < 4.78 is 4.90. The van der Waals surface area contributed by atoms with Gasteiger partial charge in [-0.25, -0.2) is 0 Å². The maximum Gasteiger partial charge on any atom is 0.0548 e. The Morgan fingerprint density at radius 3 is 1.79 bits per heavy atom. The Bertz CT molecular complexity index is 2920. The van der Waals surface area contributed by atoms with E-state index in [2.05, 4.69) is 179 Å². The summed E-state index contributed by atoms with van der Waals surface area (Å²) in [5.74, 6) is 0. The summed E-state index contributed by atoms with van der Waals surface area (Å²) in [7, 11) is 0. The van der Waals surface area contributed by atoms with Gasteiger partial charge in [0.2, 0.25) is 0 Å². The van der Waals surface area contributed by atoms with Gasteiger partial charge in [0.15, 0.2) is 0 Å². The Kier molecular flexibility index (Phi) is 5.14. The van der Waals surface area contributed by atoms with Gasteiger partial charge in [-0.15, -0.1) is 0 Å². The molecule has 2 aromatic heterocycles. The first-order chi connectivity index (χ1) is 23.8. The molecule has 0 fully saturated rings. The average molecular weight is 609 g/mol. The first-order valence-corrected chi connectivity index (χ1v) is 16.6. The van der Waals surface area contributed by atoms with Crippen LogP contribution >= 0.6 is 0 Å². The lowest BCUT2D eigenvalue weighted by Crippen LogP contribution is -1.96. The fourth-order valence-corrected chi connectivity index (χ4v) is 8.42. The fourth-order valence-electron chi connectivity index (χ4n) is 8.42. The minimum Gasteiger partial charge on any atom is -0.309 e. The van der Waals surface area contributed by atoms with Crippen molar-refractivity contribution >= 4 is 54.4 Å². The molecule has 0 bridgehead atoms. The van der Waals surface area contributed by atoms with E-state index in [1.54, 1.807) is 0 Å². The highest BCUT2D eigenvalue weighted by atomic mass is 15.0. The van der Waals surface area contributed by atoms with Crippen molar-refractivity contribution in [3.8, 4) is 44.8 Å². The maximum atomic E-state index is 2.47. The molecule has 10 aromatic rings. The first-order valence-electron chi connectivity index (χ1n) is 16.6. The molecule has 0 spiro atoms. The molecule has 8 aromatic carbocycles. The minimum absolute atomic E-state index is 1.17. The molecule has 1 aliphatic carbocycles. The lowest BCUT2D eigenvalue weighted by molar-refractivity contribution is 1.18. The smallest absolute Gasteiger partial charge is 0.0548 e. The van der Waals surface area contributed by atoms with Crippen LogP contribution in [0.15, 0.2) is 170 Å². The molecular weight excluding hydrogens is 581 g/mol. The molecule has 0 radical (unpaired) electrons. The predicted octanol–water partition coefficient (Wildman–Crippen LogP) is 12.3. The van der Waals surface area contributed by atoms with Crippen LogP contribution < -0.4 is 0 Å². The topological polar surface area (TPSA) is 9.86 Å². The van der Waals surface area contributed by atoms with Crippen LogP contribution in [-0.4, -0.2) is 9.13 Å². The van der Waals surface area contributed by atoms with E-state index < -0.39 is 0 Å². The maximum absolute atomic E-state index is 2.47. The zero-order valence-electron chi connectivity index (χ0n) is 26.1. The highest BCUT2D eigenvalue weighted by Gasteiger charge is 2.26. The van der Waals surface area contributed by atoms with Gasteiger partial charge in [-0.2, -0.15) is 0 Å². The van der Waals surface area contributed by atoms with E-state index in [1.807, 2.05) is 0 Å². The van der Waals surface area contributed by atoms with Gasteiger partial charge in [-0.3, -0.25) is 0 Å². The third kappa shape index (κ3) is 3.41. The summed E-state index contributed by atoms with van der Waals surface area (Å²) in [5, 5.41) is 7.79. The summed E-state index contributed by atoms with van der Waals surface area (Å²) in [6.45, 7) is 0. The van der Waals surface area contributed by atoms with Gasteiger partial charge in [0.05, 0.1) is 22.1 Å². The van der Waals surface area contributed by atoms with Crippen molar-refractivity contribution in [1.82, 2.24) is 9.13 Å². The third-order valence-electron chi connectivity index (χ3n) is 10.4. The van der Waals surface area contributed by atoms with Crippen LogP contribution in [-0.2, 0) is 0 Å². The molecule has 0 aliphatic heterocycles. The number of hydrogen-bond donors (Lipinski definition) is 0. The van der Waals surface area contributed by atoms with Crippen molar-refractivity contribution in [3.63, 3.8) is 0 Å². The summed E-state index contributed by atoms with van der Waals surface area (Å²) in [6.07, 6.45) is 0. The Morgan fingerprint density at radius 1 is 0.292 bits per heavy atom. The van der Waals surface area contributed by atoms with Crippen LogP contribution in [0.3, 0.4) is 0 Å². The summed E-state index contributed by atoms with van der Waals surface area (Å²) in [6, 6.07) is 62.5. The van der Waals surface area contributed by atoms with Crippen LogP contribution in [0.2, 0.25) is 0 Å². The van der Waals surface area contributed by atoms with Gasteiger partial charge in [-0.05, 0) is 98.8 Å². The highest BCUT2D eigenvalue weighted by molar-refractivity contribution is 6.31. The quantitative estimate of drug-likeness (QED) is 0.189. The Labute approximate surface area is 277 Å². The average Bonchev–Trinajstić information content (AvgIpc) is 3.63. The molecular formula is C46H28N2. The zero-order chi connectivity index (χ0) is 31.3. The second-order valence-electron chi connectivity index (χ2n) is 12.9. The van der Waals surface area contributed by atoms with Crippen molar-refractivity contribution in [1.29, 1.82) is 0 Å². The van der Waals surface area contributed by atoms with Gasteiger partial charge in [0.1, 0.15) is 0 Å². The van der Waals surface area contributed by atoms with E-state index in [-0.39, 0.29) is 0 Å². The van der Waals surface area contributed by atoms with Crippen molar-refractivity contribution in [3.05, 3.63) is 170 Å². The van der Waals surface area contributed by atoms with Crippen LogP contribution in [0.25, 0.3) is 99.1 Å². The number of nitrogens with zero attached hydrogens (tertiary/aromatic N) is 2. The predicted molar refractivity (Wildman–Crippen MR) is 202 cm³/mol. The molecule has 222 valence electrons. The number of rotatable bonds is 3. The van der Waals surface area contributed by atoms with E-state index in [0.717, 1.165) is 0 Å². The van der Waals surface area contributed by atoms with E-state index in [9.17, 15) is 0 Å². The van der Waals surface area contributed by atoms with Crippen molar-refractivity contribution in [2.75, 3.05) is 0 Å². The van der Waals surface area contributed by atoms with Gasteiger partial charge in [0, 0.05) is 32.9 Å². The lowest BCUT2D eigenvalue weighted by atomic mass is 9.91. The number of benzene rings is 8. The van der Waals surface area contributed by atoms with Gasteiger partial charge in [0.25, 0.3) is 0 Å². The molecule has 0 unspecified atom stereocenters. The lowest BCUT2D eigenvalue weighted by Gasteiger charge is -2.15. The second-order valence-corrected chi connectivity index (χ2v) is 12.9. The van der Waals surface area contributed by atoms with Crippen molar-refractivity contribution in [2.24, 2.45) is 0 Å². The Hall–Kier alpha value is -6.38. The van der Waals surface area contributed by atoms with Crippen LogP contribution in [0.5, 0.6) is 0 Å². The van der Waals surface area contributed by atoms with Crippen LogP contribution in [0, 0.1) is 0 Å². The normalized spacial score (nSPS) is 12.2. The molecule has 48 heavy (non-hydrogen) atoms. The number of fused-ring (bicyclic) bond motifs is 6. The monoisotopic (exact) mass is 608 g/mol. The number of para-hydroxylation sites is 2. The number of hydrogen-bond acceptors (Lipinski definition) is 0. The van der Waals surface area contributed by atoms with E-state index >= 15 is 0 Å². The molecule has 0 atom stereocenters. The standard InChI is InChI=1S/C46H28N2/c1-3-12-29(13-4-1)31-15-9-18-33(26-31)48-41-23-11-21-36-38-28-43-39(34-19-7-8-22-40(34)47(43)32-16-5-2-6-17-32)27-37(38)35-20-10-14-30-24-25-42(48)46(44(30)35)45(36)41/h1-28H. The summed E-state index contributed by atoms with van der Waals surface area (Å²) >= 11 is 0. The molecule has 2 heterocycles. The van der Waals surface area contributed by atoms with Gasteiger partial charge in [-0.1, -0.05) is 115 Å². The molecule has 0 amide bonds. The Balaban J connectivity index is 1.29. The molecule has 11 rings (SSSR count). The summed E-state index contributed by atoms with van der Waals surface area (Å²) in [5.41, 5.74) is 14.8. The second kappa shape index (κ2) is 9.57. The largest absolute Gasteiger partial charge is 0.309 e. The van der Waals surface area contributed by atoms with Gasteiger partial charge >= 0.3 is 0 Å².